The fourth-order valence-electron chi connectivity index (χ4n) is 3.86. The van der Waals surface area contributed by atoms with Crippen molar-refractivity contribution < 1.29 is 18.0 Å². The Labute approximate surface area is 210 Å². The van der Waals surface area contributed by atoms with E-state index in [-0.39, 0.29) is 30.8 Å². The lowest BCUT2D eigenvalue weighted by Crippen LogP contribution is -2.50. The van der Waals surface area contributed by atoms with Crippen LogP contribution in [0.1, 0.15) is 51.2 Å². The second kappa shape index (κ2) is 13.3. The molecule has 0 aliphatic rings. The van der Waals surface area contributed by atoms with E-state index in [0.29, 0.717) is 25.1 Å². The molecule has 0 radical (unpaired) electrons. The molecule has 0 heterocycles. The molecule has 0 saturated heterocycles. The molecular formula is C27H39N3O4S. The number of para-hydroxylation sites is 1. The highest BCUT2D eigenvalue weighted by Gasteiger charge is 2.27. The molecular weight excluding hydrogens is 462 g/mol. The number of hydrogen-bond acceptors (Lipinski definition) is 4. The van der Waals surface area contributed by atoms with E-state index in [1.165, 1.54) is 10.6 Å². The number of carbonyl (C=O) groups excluding carboxylic acids is 2. The number of benzene rings is 2. The van der Waals surface area contributed by atoms with E-state index < -0.39 is 16.1 Å². The Morgan fingerprint density at radius 3 is 2.20 bits per heavy atom. The second-order valence-electron chi connectivity index (χ2n) is 9.04. The van der Waals surface area contributed by atoms with Crippen LogP contribution in [0, 0.1) is 6.92 Å². The standard InChI is InChI=1S/C27H39N3O4S/c1-6-22(3)28-27(32)23(4)29(20-18-24-14-8-7-9-15-24)26(31)17-12-19-30(35(5,33)34)25-16-11-10-13-21(25)2/h7-11,13-16,22-23H,6,12,17-20H2,1-5H3,(H,28,32). The van der Waals surface area contributed by atoms with Crippen LogP contribution in [0.3, 0.4) is 0 Å². The molecule has 2 aromatic carbocycles. The Hall–Kier alpha value is -2.87. The van der Waals surface area contributed by atoms with E-state index in [0.717, 1.165) is 17.5 Å². The van der Waals surface area contributed by atoms with Gasteiger partial charge in [-0.25, -0.2) is 8.42 Å². The van der Waals surface area contributed by atoms with Crippen molar-refractivity contribution in [3.63, 3.8) is 0 Å². The normalized spacial score (nSPS) is 13.1. The van der Waals surface area contributed by atoms with Gasteiger partial charge in [-0.05, 0) is 57.2 Å². The van der Waals surface area contributed by atoms with E-state index in [1.807, 2.05) is 63.2 Å². The number of anilines is 1. The average Bonchev–Trinajstić information content (AvgIpc) is 2.82. The van der Waals surface area contributed by atoms with Gasteiger partial charge in [0.2, 0.25) is 21.8 Å². The number of rotatable bonds is 13. The first-order chi connectivity index (χ1) is 16.5. The first-order valence-corrected chi connectivity index (χ1v) is 14.1. The highest BCUT2D eigenvalue weighted by Crippen LogP contribution is 2.22. The summed E-state index contributed by atoms with van der Waals surface area (Å²) >= 11 is 0. The van der Waals surface area contributed by atoms with Crippen LogP contribution in [-0.2, 0) is 26.0 Å². The lowest BCUT2D eigenvalue weighted by Gasteiger charge is -2.30. The molecule has 2 unspecified atom stereocenters. The number of carbonyl (C=O) groups is 2. The van der Waals surface area contributed by atoms with Gasteiger partial charge in [-0.3, -0.25) is 13.9 Å². The molecule has 0 aromatic heterocycles. The Bertz CT molecular complexity index is 1070. The Kier molecular flexibility index (Phi) is 10.8. The Morgan fingerprint density at radius 2 is 1.60 bits per heavy atom. The van der Waals surface area contributed by atoms with Crippen molar-refractivity contribution in [3.8, 4) is 0 Å². The van der Waals surface area contributed by atoms with Crippen molar-refractivity contribution in [1.29, 1.82) is 0 Å². The van der Waals surface area contributed by atoms with Crippen LogP contribution >= 0.6 is 0 Å². The van der Waals surface area contributed by atoms with E-state index >= 15 is 0 Å². The summed E-state index contributed by atoms with van der Waals surface area (Å²) in [5.74, 6) is -0.343. The molecule has 0 saturated carbocycles. The van der Waals surface area contributed by atoms with Crippen LogP contribution in [0.5, 0.6) is 0 Å². The predicted molar refractivity (Wildman–Crippen MR) is 142 cm³/mol. The van der Waals surface area contributed by atoms with Gasteiger partial charge in [0.15, 0.2) is 0 Å². The van der Waals surface area contributed by atoms with Crippen LogP contribution in [-0.4, -0.2) is 56.6 Å². The smallest absolute Gasteiger partial charge is 0.242 e. The summed E-state index contributed by atoms with van der Waals surface area (Å²) in [7, 11) is -3.51. The fraction of sp³-hybridized carbons (Fsp3) is 0.481. The van der Waals surface area contributed by atoms with Gasteiger partial charge in [-0.1, -0.05) is 55.5 Å². The summed E-state index contributed by atoms with van der Waals surface area (Å²) in [6, 6.07) is 16.5. The third-order valence-corrected chi connectivity index (χ3v) is 7.37. The fourth-order valence-corrected chi connectivity index (χ4v) is 4.88. The minimum Gasteiger partial charge on any atom is -0.352 e. The zero-order chi connectivity index (χ0) is 26.0. The van der Waals surface area contributed by atoms with Crippen LogP contribution in [0.2, 0.25) is 0 Å². The molecule has 2 atom stereocenters. The zero-order valence-corrected chi connectivity index (χ0v) is 22.3. The van der Waals surface area contributed by atoms with Crippen molar-refractivity contribution >= 4 is 27.5 Å². The molecule has 2 aromatic rings. The molecule has 0 fully saturated rings. The maximum absolute atomic E-state index is 13.3. The van der Waals surface area contributed by atoms with E-state index in [9.17, 15) is 18.0 Å². The van der Waals surface area contributed by atoms with Crippen molar-refractivity contribution in [1.82, 2.24) is 10.2 Å². The third-order valence-electron chi connectivity index (χ3n) is 6.19. The highest BCUT2D eigenvalue weighted by molar-refractivity contribution is 7.92. The molecule has 0 bridgehead atoms. The molecule has 0 aliphatic carbocycles. The lowest BCUT2D eigenvalue weighted by molar-refractivity contribution is -0.140. The first kappa shape index (κ1) is 28.4. The molecule has 192 valence electrons. The van der Waals surface area contributed by atoms with Gasteiger partial charge < -0.3 is 10.2 Å². The van der Waals surface area contributed by atoms with Gasteiger partial charge in [-0.15, -0.1) is 0 Å². The highest BCUT2D eigenvalue weighted by atomic mass is 32.2. The van der Waals surface area contributed by atoms with Crippen molar-refractivity contribution in [3.05, 3.63) is 65.7 Å². The number of nitrogens with one attached hydrogen (secondary N) is 1. The molecule has 8 heteroatoms. The second-order valence-corrected chi connectivity index (χ2v) is 10.9. The number of nitrogens with zero attached hydrogens (tertiary/aromatic N) is 2. The molecule has 0 aliphatic heterocycles. The van der Waals surface area contributed by atoms with Gasteiger partial charge in [0.1, 0.15) is 6.04 Å². The lowest BCUT2D eigenvalue weighted by atomic mass is 10.1. The van der Waals surface area contributed by atoms with Gasteiger partial charge in [0.05, 0.1) is 11.9 Å². The van der Waals surface area contributed by atoms with Crippen LogP contribution < -0.4 is 9.62 Å². The van der Waals surface area contributed by atoms with Crippen molar-refractivity contribution in [2.45, 2.75) is 65.5 Å². The quantitative estimate of drug-likeness (QED) is 0.451. The number of hydrogen-bond donors (Lipinski definition) is 1. The molecule has 35 heavy (non-hydrogen) atoms. The third kappa shape index (κ3) is 8.69. The Balaban J connectivity index is 2.12. The summed E-state index contributed by atoms with van der Waals surface area (Å²) in [6.45, 7) is 8.14. The first-order valence-electron chi connectivity index (χ1n) is 12.2. The molecule has 7 nitrogen and oxygen atoms in total. The zero-order valence-electron chi connectivity index (χ0n) is 21.5. The summed E-state index contributed by atoms with van der Waals surface area (Å²) in [4.78, 5) is 27.7. The van der Waals surface area contributed by atoms with E-state index in [4.69, 9.17) is 0 Å². The summed E-state index contributed by atoms with van der Waals surface area (Å²) in [5, 5.41) is 2.96. The monoisotopic (exact) mass is 501 g/mol. The van der Waals surface area contributed by atoms with Crippen LogP contribution in [0.15, 0.2) is 54.6 Å². The molecule has 0 spiro atoms. The van der Waals surface area contributed by atoms with Crippen LogP contribution in [0.25, 0.3) is 0 Å². The summed E-state index contributed by atoms with van der Waals surface area (Å²) in [5.41, 5.74) is 2.55. The maximum Gasteiger partial charge on any atom is 0.242 e. The van der Waals surface area contributed by atoms with Gasteiger partial charge in [0.25, 0.3) is 0 Å². The predicted octanol–water partition coefficient (Wildman–Crippen LogP) is 3.92. The number of aryl methyl sites for hydroxylation is 1. The Morgan fingerprint density at radius 1 is 0.971 bits per heavy atom. The largest absolute Gasteiger partial charge is 0.352 e. The van der Waals surface area contributed by atoms with E-state index in [1.54, 1.807) is 24.0 Å². The van der Waals surface area contributed by atoms with Crippen molar-refractivity contribution in [2.24, 2.45) is 0 Å². The molecule has 2 amide bonds. The van der Waals surface area contributed by atoms with Crippen LogP contribution in [0.4, 0.5) is 5.69 Å². The maximum atomic E-state index is 13.3. The van der Waals surface area contributed by atoms with Crippen molar-refractivity contribution in [2.75, 3.05) is 23.7 Å². The number of sulfonamides is 1. The summed E-state index contributed by atoms with van der Waals surface area (Å²) in [6.07, 6.45) is 3.10. The molecule has 1 N–H and O–H groups in total. The SMILES string of the molecule is CCC(C)NC(=O)C(C)N(CCc1ccccc1)C(=O)CCCN(c1ccccc1C)S(C)(=O)=O. The number of amides is 2. The van der Waals surface area contributed by atoms with Gasteiger partial charge in [-0.2, -0.15) is 0 Å². The molecule has 2 rings (SSSR count). The minimum atomic E-state index is -3.51. The van der Waals surface area contributed by atoms with Gasteiger partial charge >= 0.3 is 0 Å². The topological polar surface area (TPSA) is 86.8 Å². The summed E-state index contributed by atoms with van der Waals surface area (Å²) < 4.78 is 26.3. The van der Waals surface area contributed by atoms with E-state index in [2.05, 4.69) is 5.32 Å². The minimum absolute atomic E-state index is 0.0217. The average molecular weight is 502 g/mol. The van der Waals surface area contributed by atoms with Gasteiger partial charge in [0, 0.05) is 25.6 Å².